The summed E-state index contributed by atoms with van der Waals surface area (Å²) in [6.45, 7) is -0.988. The molecule has 0 aliphatic carbocycles. The van der Waals surface area contributed by atoms with Crippen molar-refractivity contribution in [2.24, 2.45) is 0 Å². The lowest BCUT2D eigenvalue weighted by atomic mass is 10.4. The number of rotatable bonds is 0. The highest BCUT2D eigenvalue weighted by molar-refractivity contribution is 9.10. The monoisotopic (exact) mass is 173 g/mol. The van der Waals surface area contributed by atoms with Crippen LogP contribution in [-0.2, 0) is 0 Å². The molecule has 0 aromatic carbocycles. The van der Waals surface area contributed by atoms with Gasteiger partial charge in [0, 0.05) is 8.44 Å². The number of aryl methyl sites for hydroxylation is 1. The Kier molecular flexibility index (Phi) is 1.02. The maximum atomic E-state index is 7.00. The molecule has 1 aromatic heterocycles. The van der Waals surface area contributed by atoms with Crippen molar-refractivity contribution in [3.63, 3.8) is 0 Å². The number of nitrogens with zero attached hydrogens (tertiary/aromatic N) is 1. The van der Waals surface area contributed by atoms with Crippen LogP contribution in [-0.4, -0.2) is 4.98 Å². The summed E-state index contributed by atoms with van der Waals surface area (Å²) in [7, 11) is 0. The smallest absolute Gasteiger partial charge is 0.106 e. The molecular weight excluding hydrogens is 166 g/mol. The molecule has 0 fully saturated rings. The summed E-state index contributed by atoms with van der Waals surface area (Å²) in [4.78, 5) is 3.91. The minimum absolute atomic E-state index is 0.467. The molecule has 1 heterocycles. The molecule has 0 radical (unpaired) electrons. The van der Waals surface area contributed by atoms with Crippen molar-refractivity contribution in [2.45, 2.75) is 6.88 Å². The highest BCUT2D eigenvalue weighted by atomic mass is 79.9. The summed E-state index contributed by atoms with van der Waals surface area (Å²) in [5.41, 5.74) is 0.467. The van der Waals surface area contributed by atoms with Crippen molar-refractivity contribution in [1.29, 1.82) is 0 Å². The molecule has 42 valence electrons. The number of pyridine rings is 1. The number of aromatic nitrogens is 1. The van der Waals surface area contributed by atoms with E-state index >= 15 is 0 Å². The normalized spacial score (nSPS) is 13.2. The number of halogens is 1. The van der Waals surface area contributed by atoms with E-state index < -0.39 is 6.88 Å². The second-order valence-electron chi connectivity index (χ2n) is 1.39. The van der Waals surface area contributed by atoms with Gasteiger partial charge in [-0.25, -0.2) is 4.98 Å². The molecule has 1 nitrogen and oxygen atoms in total. The van der Waals surface area contributed by atoms with Crippen LogP contribution in [0.3, 0.4) is 0 Å². The minimum Gasteiger partial charge on any atom is -0.246 e. The topological polar surface area (TPSA) is 12.9 Å². The molecule has 0 amide bonds. The van der Waals surface area contributed by atoms with Gasteiger partial charge >= 0.3 is 0 Å². The Balaban J connectivity index is 2.96. The molecule has 0 atom stereocenters. The highest BCUT2D eigenvalue weighted by Crippen LogP contribution is 2.04. The minimum atomic E-state index is -0.988. The van der Waals surface area contributed by atoms with Gasteiger partial charge in [0.2, 0.25) is 0 Å². The van der Waals surface area contributed by atoms with Crippen LogP contribution in [0.4, 0.5) is 0 Å². The van der Waals surface area contributed by atoms with Gasteiger partial charge in [-0.15, -0.1) is 0 Å². The molecule has 0 unspecified atom stereocenters. The van der Waals surface area contributed by atoms with Gasteiger partial charge in [0.15, 0.2) is 0 Å². The Morgan fingerprint density at radius 3 is 3.12 bits per heavy atom. The zero-order valence-corrected chi connectivity index (χ0v) is 5.72. The molecule has 1 rings (SSSR count). The van der Waals surface area contributed by atoms with E-state index in [0.29, 0.717) is 10.3 Å². The van der Waals surface area contributed by atoms with Crippen LogP contribution < -0.4 is 0 Å². The molecule has 0 bridgehead atoms. The SMILES string of the molecule is [2H]C([2H])c1cccc(Br)n1. The van der Waals surface area contributed by atoms with Crippen molar-refractivity contribution < 1.29 is 2.74 Å². The summed E-state index contributed by atoms with van der Waals surface area (Å²) >= 11 is 3.15. The Hall–Kier alpha value is -0.370. The Morgan fingerprint density at radius 2 is 2.62 bits per heavy atom. The van der Waals surface area contributed by atoms with Crippen LogP contribution in [0.15, 0.2) is 22.8 Å². The van der Waals surface area contributed by atoms with E-state index in [9.17, 15) is 0 Å². The largest absolute Gasteiger partial charge is 0.246 e. The van der Waals surface area contributed by atoms with Gasteiger partial charge in [0.1, 0.15) is 4.60 Å². The Bertz CT molecular complexity index is 227. The second-order valence-corrected chi connectivity index (χ2v) is 2.20. The predicted molar refractivity (Wildman–Crippen MR) is 36.7 cm³/mol. The fraction of sp³-hybridized carbons (Fsp3) is 0.167. The number of hydrogen-bond donors (Lipinski definition) is 0. The van der Waals surface area contributed by atoms with Gasteiger partial charge in [-0.05, 0) is 34.9 Å². The van der Waals surface area contributed by atoms with Crippen molar-refractivity contribution in [1.82, 2.24) is 4.98 Å². The van der Waals surface area contributed by atoms with Crippen molar-refractivity contribution >= 4 is 15.9 Å². The molecule has 2 heteroatoms. The molecule has 0 spiro atoms. The average molecular weight is 174 g/mol. The Labute approximate surface area is 59.7 Å². The average Bonchev–Trinajstić information content (AvgIpc) is 1.88. The van der Waals surface area contributed by atoms with Gasteiger partial charge in [-0.3, -0.25) is 0 Å². The summed E-state index contributed by atoms with van der Waals surface area (Å²) in [6.07, 6.45) is 0. The lowest BCUT2D eigenvalue weighted by molar-refractivity contribution is 1.17. The van der Waals surface area contributed by atoms with E-state index in [1.807, 2.05) is 0 Å². The first kappa shape index (κ1) is 3.62. The summed E-state index contributed by atoms with van der Waals surface area (Å²) in [5, 5.41) is 0. The third-order valence-corrected chi connectivity index (χ3v) is 1.18. The van der Waals surface area contributed by atoms with Crippen molar-refractivity contribution in [2.75, 3.05) is 0 Å². The molecule has 8 heavy (non-hydrogen) atoms. The van der Waals surface area contributed by atoms with E-state index in [0.717, 1.165) is 0 Å². The summed E-state index contributed by atoms with van der Waals surface area (Å²) < 4.78 is 14.7. The zero-order valence-electron chi connectivity index (χ0n) is 6.13. The molecular formula is C6H6BrN. The van der Waals surface area contributed by atoms with Gasteiger partial charge < -0.3 is 0 Å². The van der Waals surface area contributed by atoms with E-state index in [-0.39, 0.29) is 0 Å². The predicted octanol–water partition coefficient (Wildman–Crippen LogP) is 2.15. The maximum absolute atomic E-state index is 7.00. The van der Waals surface area contributed by atoms with E-state index in [1.54, 1.807) is 18.2 Å². The first-order valence-electron chi connectivity index (χ1n) is 3.32. The van der Waals surface area contributed by atoms with Crippen molar-refractivity contribution in [3.8, 4) is 0 Å². The zero-order chi connectivity index (χ0) is 7.56. The molecule has 1 aromatic rings. The van der Waals surface area contributed by atoms with E-state index in [2.05, 4.69) is 20.9 Å². The summed E-state index contributed by atoms with van der Waals surface area (Å²) in [6, 6.07) is 5.20. The van der Waals surface area contributed by atoms with Gasteiger partial charge in [0.05, 0.1) is 0 Å². The summed E-state index contributed by atoms with van der Waals surface area (Å²) in [5.74, 6) is 0. The second kappa shape index (κ2) is 2.27. The quantitative estimate of drug-likeness (QED) is 0.549. The van der Waals surface area contributed by atoms with Crippen LogP contribution in [0.25, 0.3) is 0 Å². The molecule has 0 aliphatic rings. The third-order valence-electron chi connectivity index (χ3n) is 0.737. The highest BCUT2D eigenvalue weighted by Gasteiger charge is 1.83. The van der Waals surface area contributed by atoms with E-state index in [4.69, 9.17) is 2.74 Å². The molecule has 0 saturated carbocycles. The van der Waals surface area contributed by atoms with Gasteiger partial charge in [-0.1, -0.05) is 6.07 Å². The number of hydrogen-bond acceptors (Lipinski definition) is 1. The van der Waals surface area contributed by atoms with Crippen molar-refractivity contribution in [3.05, 3.63) is 28.5 Å². The van der Waals surface area contributed by atoms with Gasteiger partial charge in [0.25, 0.3) is 0 Å². The van der Waals surface area contributed by atoms with Crippen LogP contribution in [0.1, 0.15) is 8.44 Å². The first-order valence-corrected chi connectivity index (χ1v) is 2.96. The van der Waals surface area contributed by atoms with Crippen LogP contribution >= 0.6 is 15.9 Å². The fourth-order valence-corrected chi connectivity index (χ4v) is 0.781. The maximum Gasteiger partial charge on any atom is 0.106 e. The van der Waals surface area contributed by atoms with Crippen LogP contribution in [0.5, 0.6) is 0 Å². The lowest BCUT2D eigenvalue weighted by Gasteiger charge is -1.88. The van der Waals surface area contributed by atoms with Gasteiger partial charge in [-0.2, -0.15) is 0 Å². The lowest BCUT2D eigenvalue weighted by Crippen LogP contribution is -1.77. The standard InChI is InChI=1S/C6H6BrN/c1-5-3-2-4-6(7)8-5/h2-4H,1H3/i1D2. The molecule has 0 N–H and O–H groups in total. The first-order chi connectivity index (χ1) is 4.70. The Morgan fingerprint density at radius 1 is 1.75 bits per heavy atom. The fourth-order valence-electron chi connectivity index (χ4n) is 0.424. The third kappa shape index (κ3) is 1.30. The van der Waals surface area contributed by atoms with Crippen LogP contribution in [0.2, 0.25) is 0 Å². The molecule has 0 aliphatic heterocycles. The molecule has 0 saturated heterocycles. The van der Waals surface area contributed by atoms with E-state index in [1.165, 1.54) is 0 Å². The van der Waals surface area contributed by atoms with Crippen LogP contribution in [0, 0.1) is 6.88 Å².